The molecule has 0 aliphatic heterocycles. The van der Waals surface area contributed by atoms with Gasteiger partial charge in [-0.1, -0.05) is 0 Å². The van der Waals surface area contributed by atoms with Crippen molar-refractivity contribution in [2.45, 2.75) is 13.8 Å². The molecule has 0 bridgehead atoms. The molecule has 23 heavy (non-hydrogen) atoms. The summed E-state index contributed by atoms with van der Waals surface area (Å²) in [5.74, 6) is -0.878. The lowest BCUT2D eigenvalue weighted by Gasteiger charge is -2.16. The van der Waals surface area contributed by atoms with Gasteiger partial charge in [-0.3, -0.25) is 9.59 Å². The topological polar surface area (TPSA) is 84.9 Å². The van der Waals surface area contributed by atoms with Crippen molar-refractivity contribution in [2.24, 2.45) is 5.92 Å². The molecule has 0 saturated carbocycles. The number of benzene rings is 1. The first-order valence-electron chi connectivity index (χ1n) is 6.62. The number of anilines is 1. The van der Waals surface area contributed by atoms with Crippen LogP contribution >= 0.6 is 67.8 Å². The monoisotopic (exact) mass is 659 g/mol. The van der Waals surface area contributed by atoms with E-state index in [1.807, 2.05) is 6.07 Å². The van der Waals surface area contributed by atoms with Gasteiger partial charge in [-0.2, -0.15) is 0 Å². The first-order valence-corrected chi connectivity index (χ1v) is 9.86. The molecule has 128 valence electrons. The van der Waals surface area contributed by atoms with Crippen molar-refractivity contribution >= 4 is 85.3 Å². The van der Waals surface area contributed by atoms with E-state index in [0.29, 0.717) is 19.0 Å². The number of carboxylic acid groups (broad SMARTS) is 1. The number of carbonyl (C=O) groups is 2. The SMILES string of the molecule is CC(=O)Nc1c(I)cc(I)c(OCCOCC(C)C(=O)O)c1I. The molecule has 0 saturated heterocycles. The molecule has 0 aliphatic rings. The number of rotatable bonds is 8. The van der Waals surface area contributed by atoms with E-state index in [0.717, 1.165) is 16.4 Å². The van der Waals surface area contributed by atoms with Gasteiger partial charge in [0, 0.05) is 10.5 Å². The summed E-state index contributed by atoms with van der Waals surface area (Å²) in [4.78, 5) is 22.0. The van der Waals surface area contributed by atoms with Gasteiger partial charge in [0.25, 0.3) is 0 Å². The number of ether oxygens (including phenoxy) is 2. The zero-order chi connectivity index (χ0) is 17.6. The van der Waals surface area contributed by atoms with Gasteiger partial charge >= 0.3 is 5.97 Å². The van der Waals surface area contributed by atoms with Gasteiger partial charge in [-0.15, -0.1) is 0 Å². The Bertz CT molecular complexity index is 594. The Morgan fingerprint density at radius 1 is 1.26 bits per heavy atom. The third kappa shape index (κ3) is 6.86. The molecular weight excluding hydrogens is 643 g/mol. The Labute approximate surface area is 175 Å². The maximum Gasteiger partial charge on any atom is 0.308 e. The van der Waals surface area contributed by atoms with E-state index in [1.54, 1.807) is 6.92 Å². The van der Waals surface area contributed by atoms with Crippen molar-refractivity contribution in [3.05, 3.63) is 16.8 Å². The van der Waals surface area contributed by atoms with Crippen molar-refractivity contribution in [1.82, 2.24) is 0 Å². The number of carboxylic acids is 1. The standard InChI is InChI=1S/C14H16I3NO5/c1-7(14(20)21)6-22-3-4-23-13-10(16)5-9(15)12(11(13)17)18-8(2)19/h5,7H,3-4,6H2,1-2H3,(H,18,19)(H,20,21). The Hall–Kier alpha value is 0.110. The highest BCUT2D eigenvalue weighted by Gasteiger charge is 2.16. The zero-order valence-corrected chi connectivity index (χ0v) is 19.0. The van der Waals surface area contributed by atoms with E-state index in [9.17, 15) is 9.59 Å². The highest BCUT2D eigenvalue weighted by Crippen LogP contribution is 2.36. The van der Waals surface area contributed by atoms with Gasteiger partial charge in [0.05, 0.1) is 32.0 Å². The van der Waals surface area contributed by atoms with E-state index in [-0.39, 0.29) is 12.5 Å². The van der Waals surface area contributed by atoms with Crippen molar-refractivity contribution in [3.8, 4) is 5.75 Å². The maximum atomic E-state index is 11.3. The van der Waals surface area contributed by atoms with Crippen molar-refractivity contribution in [1.29, 1.82) is 0 Å². The maximum absolute atomic E-state index is 11.3. The molecule has 0 fully saturated rings. The van der Waals surface area contributed by atoms with E-state index < -0.39 is 11.9 Å². The second-order valence-electron chi connectivity index (χ2n) is 4.70. The average molecular weight is 659 g/mol. The highest BCUT2D eigenvalue weighted by molar-refractivity contribution is 14.1. The molecule has 1 aromatic carbocycles. The Kier molecular flexibility index (Phi) is 9.36. The number of aliphatic carboxylic acids is 1. The first kappa shape index (κ1) is 21.2. The molecule has 9 heteroatoms. The second-order valence-corrected chi connectivity index (χ2v) is 8.11. The van der Waals surface area contributed by atoms with Crippen LogP contribution in [0.5, 0.6) is 5.75 Å². The van der Waals surface area contributed by atoms with Crippen LogP contribution in [-0.4, -0.2) is 36.8 Å². The molecule has 0 aromatic heterocycles. The Morgan fingerprint density at radius 3 is 2.48 bits per heavy atom. The van der Waals surface area contributed by atoms with Gasteiger partial charge in [0.15, 0.2) is 0 Å². The number of nitrogens with one attached hydrogen (secondary N) is 1. The highest BCUT2D eigenvalue weighted by atomic mass is 127. The van der Waals surface area contributed by atoms with E-state index in [2.05, 4.69) is 73.1 Å². The van der Waals surface area contributed by atoms with Gasteiger partial charge in [-0.05, 0) is 80.8 Å². The van der Waals surface area contributed by atoms with Crippen molar-refractivity contribution in [3.63, 3.8) is 0 Å². The average Bonchev–Trinajstić information content (AvgIpc) is 2.45. The second kappa shape index (κ2) is 10.2. The van der Waals surface area contributed by atoms with Gasteiger partial charge in [-0.25, -0.2) is 0 Å². The van der Waals surface area contributed by atoms with E-state index in [1.165, 1.54) is 6.92 Å². The molecule has 0 radical (unpaired) electrons. The van der Waals surface area contributed by atoms with E-state index in [4.69, 9.17) is 14.6 Å². The molecule has 1 aromatic rings. The molecule has 0 spiro atoms. The summed E-state index contributed by atoms with van der Waals surface area (Å²) < 4.78 is 13.7. The summed E-state index contributed by atoms with van der Waals surface area (Å²) >= 11 is 6.48. The van der Waals surface area contributed by atoms with Crippen LogP contribution in [0.25, 0.3) is 0 Å². The third-order valence-electron chi connectivity index (χ3n) is 2.69. The van der Waals surface area contributed by atoms with Crippen molar-refractivity contribution < 1.29 is 24.2 Å². The molecule has 1 atom stereocenters. The fourth-order valence-corrected chi connectivity index (χ4v) is 5.48. The number of hydrogen-bond acceptors (Lipinski definition) is 4. The summed E-state index contributed by atoms with van der Waals surface area (Å²) in [6.45, 7) is 3.80. The molecule has 1 unspecified atom stereocenters. The lowest BCUT2D eigenvalue weighted by molar-refractivity contribution is -0.143. The lowest BCUT2D eigenvalue weighted by atomic mass is 10.2. The van der Waals surface area contributed by atoms with E-state index >= 15 is 0 Å². The predicted molar refractivity (Wildman–Crippen MR) is 112 cm³/mol. The fourth-order valence-electron chi connectivity index (χ4n) is 1.53. The zero-order valence-electron chi connectivity index (χ0n) is 12.5. The normalized spacial score (nSPS) is 11.9. The summed E-state index contributed by atoms with van der Waals surface area (Å²) in [7, 11) is 0. The molecular formula is C14H16I3NO5. The number of halogens is 3. The fraction of sp³-hybridized carbons (Fsp3) is 0.429. The van der Waals surface area contributed by atoms with Gasteiger partial charge in [0.2, 0.25) is 5.91 Å². The summed E-state index contributed by atoms with van der Waals surface area (Å²) in [6.07, 6.45) is 0. The Balaban J connectivity index is 2.66. The smallest absolute Gasteiger partial charge is 0.308 e. The minimum Gasteiger partial charge on any atom is -0.489 e. The minimum atomic E-state index is -0.882. The van der Waals surface area contributed by atoms with Crippen LogP contribution in [0.4, 0.5) is 5.69 Å². The van der Waals surface area contributed by atoms with Gasteiger partial charge < -0.3 is 19.9 Å². The first-order chi connectivity index (χ1) is 10.7. The quantitative estimate of drug-likeness (QED) is 0.330. The number of carbonyl (C=O) groups excluding carboxylic acids is 1. The molecule has 1 rings (SSSR count). The molecule has 1 amide bonds. The molecule has 6 nitrogen and oxygen atoms in total. The van der Waals surface area contributed by atoms with Crippen LogP contribution in [-0.2, 0) is 14.3 Å². The van der Waals surface area contributed by atoms with Crippen LogP contribution in [0.15, 0.2) is 6.07 Å². The summed E-state index contributed by atoms with van der Waals surface area (Å²) in [5, 5.41) is 11.6. The van der Waals surface area contributed by atoms with Crippen LogP contribution in [0, 0.1) is 16.6 Å². The number of hydrogen-bond donors (Lipinski definition) is 2. The summed E-state index contributed by atoms with van der Waals surface area (Å²) in [6, 6.07) is 1.93. The van der Waals surface area contributed by atoms with Crippen LogP contribution in [0.2, 0.25) is 0 Å². The van der Waals surface area contributed by atoms with Crippen LogP contribution in [0.1, 0.15) is 13.8 Å². The molecule has 2 N–H and O–H groups in total. The Morgan fingerprint density at radius 2 is 1.91 bits per heavy atom. The van der Waals surface area contributed by atoms with Crippen molar-refractivity contribution in [2.75, 3.05) is 25.1 Å². The third-order valence-corrected chi connectivity index (χ3v) is 5.37. The largest absolute Gasteiger partial charge is 0.489 e. The predicted octanol–water partition coefficient (Wildman–Crippen LogP) is 3.57. The number of amides is 1. The van der Waals surface area contributed by atoms with Gasteiger partial charge in [0.1, 0.15) is 12.4 Å². The lowest BCUT2D eigenvalue weighted by Crippen LogP contribution is -2.18. The molecule has 0 heterocycles. The van der Waals surface area contributed by atoms with Crippen LogP contribution in [0.3, 0.4) is 0 Å². The van der Waals surface area contributed by atoms with Crippen LogP contribution < -0.4 is 10.1 Å². The molecule has 0 aliphatic carbocycles. The minimum absolute atomic E-state index is 0.140. The summed E-state index contributed by atoms with van der Waals surface area (Å²) in [5.41, 5.74) is 0.731.